The van der Waals surface area contributed by atoms with E-state index in [-0.39, 0.29) is 0 Å². The smallest absolute Gasteiger partial charge is 0.124 e. The molecule has 2 nitrogen and oxygen atoms in total. The zero-order valence-corrected chi connectivity index (χ0v) is 13.6. The molecule has 0 amide bonds. The highest BCUT2D eigenvalue weighted by Crippen LogP contribution is 2.30. The molecule has 0 unspecified atom stereocenters. The first-order valence-electron chi connectivity index (χ1n) is 7.25. The Hall–Kier alpha value is -2.13. The van der Waals surface area contributed by atoms with Crippen molar-refractivity contribution < 1.29 is 4.74 Å². The number of hydrogen-bond donors (Lipinski definition) is 1. The minimum atomic E-state index is 0.738. The van der Waals surface area contributed by atoms with E-state index in [9.17, 15) is 0 Å². The van der Waals surface area contributed by atoms with Crippen LogP contribution >= 0.6 is 11.8 Å². The average molecular weight is 309 g/mol. The van der Waals surface area contributed by atoms with Gasteiger partial charge in [-0.15, -0.1) is 11.8 Å². The van der Waals surface area contributed by atoms with Crippen molar-refractivity contribution in [2.45, 2.75) is 11.4 Å². The van der Waals surface area contributed by atoms with E-state index in [0.29, 0.717) is 0 Å². The molecular formula is C19H19NOS. The fourth-order valence-corrected chi connectivity index (χ4v) is 3.24. The molecule has 0 saturated carbocycles. The second-order valence-electron chi connectivity index (χ2n) is 5.02. The lowest BCUT2D eigenvalue weighted by molar-refractivity contribution is 0.411. The van der Waals surface area contributed by atoms with Crippen LogP contribution in [0.25, 0.3) is 10.8 Å². The van der Waals surface area contributed by atoms with Crippen molar-refractivity contribution in [3.8, 4) is 5.75 Å². The lowest BCUT2D eigenvalue weighted by Crippen LogP contribution is -2.03. The summed E-state index contributed by atoms with van der Waals surface area (Å²) in [6.07, 6.45) is 2.10. The van der Waals surface area contributed by atoms with Gasteiger partial charge in [0.25, 0.3) is 0 Å². The Morgan fingerprint density at radius 3 is 2.55 bits per heavy atom. The first kappa shape index (κ1) is 14.8. The number of ether oxygens (including phenoxy) is 1. The average Bonchev–Trinajstić information content (AvgIpc) is 2.59. The van der Waals surface area contributed by atoms with Gasteiger partial charge in [0.15, 0.2) is 0 Å². The minimum Gasteiger partial charge on any atom is -0.496 e. The second-order valence-corrected chi connectivity index (χ2v) is 5.87. The summed E-state index contributed by atoms with van der Waals surface area (Å²) in [7, 11) is 1.73. The van der Waals surface area contributed by atoms with Gasteiger partial charge in [-0.2, -0.15) is 0 Å². The molecule has 0 aromatic heterocycles. The molecule has 3 rings (SSSR count). The van der Waals surface area contributed by atoms with Crippen LogP contribution in [0.4, 0.5) is 5.69 Å². The van der Waals surface area contributed by atoms with E-state index in [2.05, 4.69) is 66.2 Å². The third-order valence-electron chi connectivity index (χ3n) is 3.78. The van der Waals surface area contributed by atoms with Gasteiger partial charge in [0, 0.05) is 22.7 Å². The molecule has 0 aliphatic heterocycles. The minimum absolute atomic E-state index is 0.738. The molecule has 0 aliphatic carbocycles. The van der Waals surface area contributed by atoms with Gasteiger partial charge < -0.3 is 10.1 Å². The van der Waals surface area contributed by atoms with Crippen LogP contribution in [-0.4, -0.2) is 13.4 Å². The number of nitrogens with one attached hydrogen (secondary N) is 1. The molecule has 3 heteroatoms. The quantitative estimate of drug-likeness (QED) is 0.656. The number of rotatable bonds is 5. The van der Waals surface area contributed by atoms with Crippen LogP contribution in [0.1, 0.15) is 5.56 Å². The number of hydrogen-bond acceptors (Lipinski definition) is 3. The summed E-state index contributed by atoms with van der Waals surface area (Å²) >= 11 is 1.75. The van der Waals surface area contributed by atoms with Gasteiger partial charge in [-0.25, -0.2) is 0 Å². The highest BCUT2D eigenvalue weighted by Gasteiger charge is 2.09. The maximum absolute atomic E-state index is 5.55. The summed E-state index contributed by atoms with van der Waals surface area (Å²) in [6, 6.07) is 20.9. The summed E-state index contributed by atoms with van der Waals surface area (Å²) < 4.78 is 5.55. The second kappa shape index (κ2) is 6.75. The Morgan fingerprint density at radius 1 is 0.955 bits per heavy atom. The van der Waals surface area contributed by atoms with E-state index in [1.807, 2.05) is 6.07 Å². The highest BCUT2D eigenvalue weighted by molar-refractivity contribution is 7.98. The zero-order valence-electron chi connectivity index (χ0n) is 12.8. The molecular weight excluding hydrogens is 290 g/mol. The van der Waals surface area contributed by atoms with Crippen LogP contribution in [0.2, 0.25) is 0 Å². The van der Waals surface area contributed by atoms with E-state index in [1.54, 1.807) is 18.9 Å². The number of methoxy groups -OCH3 is 1. The molecule has 0 bridgehead atoms. The van der Waals surface area contributed by atoms with Gasteiger partial charge in [0.2, 0.25) is 0 Å². The van der Waals surface area contributed by atoms with Crippen molar-refractivity contribution in [1.29, 1.82) is 0 Å². The zero-order chi connectivity index (χ0) is 15.4. The lowest BCUT2D eigenvalue weighted by Gasteiger charge is -2.15. The van der Waals surface area contributed by atoms with Gasteiger partial charge in [-0.3, -0.25) is 0 Å². The van der Waals surface area contributed by atoms with Crippen LogP contribution in [0, 0.1) is 0 Å². The number of benzene rings is 3. The molecule has 112 valence electrons. The maximum atomic E-state index is 5.55. The molecule has 0 atom stereocenters. The molecule has 0 radical (unpaired) electrons. The van der Waals surface area contributed by atoms with Gasteiger partial charge >= 0.3 is 0 Å². The predicted octanol–water partition coefficient (Wildman–Crippen LogP) is 5.18. The number of anilines is 1. The number of para-hydroxylation sites is 1. The van der Waals surface area contributed by atoms with E-state index < -0.39 is 0 Å². The molecule has 1 N–H and O–H groups in total. The molecule has 0 spiro atoms. The standard InChI is InChI=1S/C19H19NOS/c1-21-18-12-11-14-7-3-4-8-15(14)16(18)13-20-17-9-5-6-10-19(17)22-2/h3-12,20H,13H2,1-2H3. The normalized spacial score (nSPS) is 10.6. The monoisotopic (exact) mass is 309 g/mol. The Kier molecular flexibility index (Phi) is 4.54. The van der Waals surface area contributed by atoms with Gasteiger partial charge in [0.1, 0.15) is 5.75 Å². The number of thioether (sulfide) groups is 1. The third-order valence-corrected chi connectivity index (χ3v) is 4.58. The van der Waals surface area contributed by atoms with Crippen molar-refractivity contribution in [2.75, 3.05) is 18.7 Å². The summed E-state index contributed by atoms with van der Waals surface area (Å²) in [5, 5.41) is 6.01. The molecule has 3 aromatic rings. The molecule has 22 heavy (non-hydrogen) atoms. The number of fused-ring (bicyclic) bond motifs is 1. The first-order valence-corrected chi connectivity index (χ1v) is 8.47. The lowest BCUT2D eigenvalue weighted by atomic mass is 10.0. The Bertz CT molecular complexity index is 785. The van der Waals surface area contributed by atoms with E-state index in [0.717, 1.165) is 18.0 Å². The van der Waals surface area contributed by atoms with E-state index in [1.165, 1.54) is 21.2 Å². The van der Waals surface area contributed by atoms with Crippen molar-refractivity contribution in [2.24, 2.45) is 0 Å². The van der Waals surface area contributed by atoms with Gasteiger partial charge in [-0.05, 0) is 35.2 Å². The van der Waals surface area contributed by atoms with Crippen LogP contribution in [0.3, 0.4) is 0 Å². The third kappa shape index (κ3) is 2.90. The topological polar surface area (TPSA) is 21.3 Å². The van der Waals surface area contributed by atoms with Crippen molar-refractivity contribution in [1.82, 2.24) is 0 Å². The molecule has 0 heterocycles. The summed E-state index contributed by atoms with van der Waals surface area (Å²) in [4.78, 5) is 1.25. The van der Waals surface area contributed by atoms with Crippen LogP contribution in [-0.2, 0) is 6.54 Å². The van der Waals surface area contributed by atoms with Crippen molar-refractivity contribution in [3.05, 3.63) is 66.2 Å². The molecule has 0 aliphatic rings. The molecule has 3 aromatic carbocycles. The van der Waals surface area contributed by atoms with Crippen molar-refractivity contribution in [3.63, 3.8) is 0 Å². The van der Waals surface area contributed by atoms with Gasteiger partial charge in [0.05, 0.1) is 7.11 Å². The fourth-order valence-electron chi connectivity index (χ4n) is 2.66. The fraction of sp³-hybridized carbons (Fsp3) is 0.158. The Morgan fingerprint density at radius 2 is 1.73 bits per heavy atom. The summed E-state index contributed by atoms with van der Waals surface area (Å²) in [6.45, 7) is 0.738. The molecule has 0 fully saturated rings. The van der Waals surface area contributed by atoms with E-state index in [4.69, 9.17) is 4.74 Å². The Labute approximate surface area is 135 Å². The largest absolute Gasteiger partial charge is 0.496 e. The Balaban J connectivity index is 1.96. The van der Waals surface area contributed by atoms with E-state index >= 15 is 0 Å². The highest BCUT2D eigenvalue weighted by atomic mass is 32.2. The first-order chi connectivity index (χ1) is 10.8. The van der Waals surface area contributed by atoms with Crippen molar-refractivity contribution >= 4 is 28.2 Å². The van der Waals surface area contributed by atoms with Gasteiger partial charge in [-0.1, -0.05) is 42.5 Å². The SMILES string of the molecule is COc1ccc2ccccc2c1CNc1ccccc1SC. The van der Waals surface area contributed by atoms with Crippen LogP contribution in [0.15, 0.2) is 65.6 Å². The summed E-state index contributed by atoms with van der Waals surface area (Å²) in [5.74, 6) is 0.924. The van der Waals surface area contributed by atoms with Crippen LogP contribution in [0.5, 0.6) is 5.75 Å². The van der Waals surface area contributed by atoms with Crippen LogP contribution < -0.4 is 10.1 Å². The maximum Gasteiger partial charge on any atom is 0.124 e. The predicted molar refractivity (Wildman–Crippen MR) is 96.0 cm³/mol. The summed E-state index contributed by atoms with van der Waals surface area (Å²) in [5.41, 5.74) is 2.35. The molecule has 0 saturated heterocycles.